The van der Waals surface area contributed by atoms with Crippen LogP contribution in [0.1, 0.15) is 38.1 Å². The predicted molar refractivity (Wildman–Crippen MR) is 80.2 cm³/mol. The highest BCUT2D eigenvalue weighted by molar-refractivity contribution is 6.63. The second kappa shape index (κ2) is 5.19. The zero-order valence-electron chi connectivity index (χ0n) is 12.7. The molecule has 1 aromatic rings. The molecule has 0 radical (unpaired) electrons. The van der Waals surface area contributed by atoms with Gasteiger partial charge in [0.1, 0.15) is 11.3 Å². The zero-order valence-corrected chi connectivity index (χ0v) is 13.4. The second-order valence-corrected chi connectivity index (χ2v) is 6.41. The van der Waals surface area contributed by atoms with Crippen molar-refractivity contribution in [3.63, 3.8) is 0 Å². The minimum Gasteiger partial charge on any atom is -0.507 e. The lowest BCUT2D eigenvalue weighted by Crippen LogP contribution is -2.41. The summed E-state index contributed by atoms with van der Waals surface area (Å²) in [4.78, 5) is 11.7. The Bertz CT molecular complexity index is 569. The molecule has 0 amide bonds. The average molecular weight is 313 g/mol. The molecule has 21 heavy (non-hydrogen) atoms. The summed E-state index contributed by atoms with van der Waals surface area (Å²) in [7, 11) is 0.425. The van der Waals surface area contributed by atoms with Crippen molar-refractivity contribution in [1.82, 2.24) is 0 Å². The van der Waals surface area contributed by atoms with Crippen LogP contribution in [0.15, 0.2) is 12.1 Å². The predicted octanol–water partition coefficient (Wildman–Crippen LogP) is 2.13. The highest BCUT2D eigenvalue weighted by Gasteiger charge is 2.52. The van der Waals surface area contributed by atoms with Gasteiger partial charge in [-0.1, -0.05) is 11.6 Å². The summed E-state index contributed by atoms with van der Waals surface area (Å²) in [5, 5.41) is 10.6. The fourth-order valence-corrected chi connectivity index (χ4v) is 2.26. The lowest BCUT2D eigenvalue weighted by atomic mass is 9.77. The van der Waals surface area contributed by atoms with Crippen molar-refractivity contribution in [2.45, 2.75) is 38.9 Å². The van der Waals surface area contributed by atoms with E-state index >= 15 is 0 Å². The van der Waals surface area contributed by atoms with Crippen LogP contribution in [0.5, 0.6) is 5.75 Å². The third kappa shape index (κ3) is 2.75. The number of esters is 1. The summed E-state index contributed by atoms with van der Waals surface area (Å²) >= 11 is 6.01. The SMILES string of the molecule is COC(=O)c1cc(Cl)cc(B2OC(C)(C)C(C)(C)O2)c1O. The van der Waals surface area contributed by atoms with Crippen molar-refractivity contribution in [3.8, 4) is 5.75 Å². The van der Waals surface area contributed by atoms with Crippen LogP contribution in [-0.2, 0) is 14.0 Å². The maximum absolute atomic E-state index is 11.7. The maximum Gasteiger partial charge on any atom is 0.498 e. The number of phenols is 1. The number of phenolic OH excluding ortho intramolecular Hbond substituents is 1. The van der Waals surface area contributed by atoms with Crippen LogP contribution in [0.2, 0.25) is 5.02 Å². The Morgan fingerprint density at radius 3 is 2.24 bits per heavy atom. The molecular weight excluding hydrogens is 294 g/mol. The van der Waals surface area contributed by atoms with Gasteiger partial charge in [0.2, 0.25) is 0 Å². The van der Waals surface area contributed by atoms with E-state index in [2.05, 4.69) is 4.74 Å². The topological polar surface area (TPSA) is 65.0 Å². The van der Waals surface area contributed by atoms with Crippen LogP contribution in [-0.4, -0.2) is 36.5 Å². The first-order valence-electron chi connectivity index (χ1n) is 6.55. The van der Waals surface area contributed by atoms with Crippen LogP contribution < -0.4 is 5.46 Å². The number of rotatable bonds is 2. The monoisotopic (exact) mass is 312 g/mol. The Morgan fingerprint density at radius 1 is 1.24 bits per heavy atom. The van der Waals surface area contributed by atoms with Gasteiger partial charge < -0.3 is 19.2 Å². The van der Waals surface area contributed by atoms with Gasteiger partial charge >= 0.3 is 13.1 Å². The van der Waals surface area contributed by atoms with Crippen LogP contribution in [0.4, 0.5) is 0 Å². The minimum atomic E-state index is -0.808. The molecule has 0 aliphatic carbocycles. The van der Waals surface area contributed by atoms with Gasteiger partial charge in [0.05, 0.1) is 18.3 Å². The Kier molecular flexibility index (Phi) is 3.99. The molecule has 0 spiro atoms. The highest BCUT2D eigenvalue weighted by atomic mass is 35.5. The summed E-state index contributed by atoms with van der Waals surface area (Å²) < 4.78 is 16.4. The number of hydrogen-bond donors (Lipinski definition) is 1. The van der Waals surface area contributed by atoms with Crippen LogP contribution >= 0.6 is 11.6 Å². The molecule has 5 nitrogen and oxygen atoms in total. The van der Waals surface area contributed by atoms with Crippen molar-refractivity contribution >= 4 is 30.2 Å². The van der Waals surface area contributed by atoms with Gasteiger partial charge in [0.15, 0.2) is 0 Å². The molecule has 0 aromatic heterocycles. The van der Waals surface area contributed by atoms with E-state index in [1.165, 1.54) is 19.2 Å². The molecule has 0 unspecified atom stereocenters. The first kappa shape index (κ1) is 16.1. The molecule has 1 N–H and O–H groups in total. The number of carbonyl (C=O) groups is 1. The van der Waals surface area contributed by atoms with Gasteiger partial charge in [-0.3, -0.25) is 0 Å². The lowest BCUT2D eigenvalue weighted by Gasteiger charge is -2.32. The van der Waals surface area contributed by atoms with E-state index in [9.17, 15) is 9.90 Å². The molecule has 114 valence electrons. The summed E-state index contributed by atoms with van der Waals surface area (Å²) in [5.41, 5.74) is -0.827. The van der Waals surface area contributed by atoms with Crippen LogP contribution in [0.3, 0.4) is 0 Å². The van der Waals surface area contributed by atoms with Gasteiger partial charge in [-0.2, -0.15) is 0 Å². The van der Waals surface area contributed by atoms with E-state index in [4.69, 9.17) is 20.9 Å². The van der Waals surface area contributed by atoms with Gasteiger partial charge in [-0.25, -0.2) is 4.79 Å². The zero-order chi connectivity index (χ0) is 16.0. The van der Waals surface area contributed by atoms with Crippen molar-refractivity contribution in [2.24, 2.45) is 0 Å². The number of hydrogen-bond acceptors (Lipinski definition) is 5. The average Bonchev–Trinajstić information content (AvgIpc) is 2.59. The molecule has 0 saturated carbocycles. The fourth-order valence-electron chi connectivity index (χ4n) is 2.04. The largest absolute Gasteiger partial charge is 0.507 e. The first-order chi connectivity index (χ1) is 9.59. The van der Waals surface area contributed by atoms with Crippen molar-refractivity contribution in [3.05, 3.63) is 22.7 Å². The normalized spacial score (nSPS) is 19.6. The highest BCUT2D eigenvalue weighted by Crippen LogP contribution is 2.37. The Balaban J connectivity index is 2.47. The molecule has 1 aliphatic heterocycles. The number of ether oxygens (including phenoxy) is 1. The van der Waals surface area contributed by atoms with Crippen molar-refractivity contribution < 1.29 is 23.9 Å². The Labute approximate surface area is 129 Å². The van der Waals surface area contributed by atoms with Crippen molar-refractivity contribution in [1.29, 1.82) is 0 Å². The molecular formula is C14H18BClO5. The molecule has 1 heterocycles. The van der Waals surface area contributed by atoms with Gasteiger partial charge in [0.25, 0.3) is 0 Å². The number of benzene rings is 1. The maximum atomic E-state index is 11.7. The van der Waals surface area contributed by atoms with Gasteiger partial charge in [-0.05, 0) is 39.8 Å². The fraction of sp³-hybridized carbons (Fsp3) is 0.500. The molecule has 7 heteroatoms. The lowest BCUT2D eigenvalue weighted by molar-refractivity contribution is 0.00578. The Morgan fingerprint density at radius 2 is 1.76 bits per heavy atom. The summed E-state index contributed by atoms with van der Waals surface area (Å²) in [6.45, 7) is 7.59. The molecule has 1 fully saturated rings. The van der Waals surface area contributed by atoms with E-state index in [0.717, 1.165) is 0 Å². The van der Waals surface area contributed by atoms with E-state index in [1.807, 2.05) is 27.7 Å². The van der Waals surface area contributed by atoms with Gasteiger partial charge in [-0.15, -0.1) is 0 Å². The Hall–Kier alpha value is -1.24. The molecule has 1 saturated heterocycles. The standard InChI is InChI=1S/C14H18BClO5/c1-13(2)14(3,4)21-15(20-13)10-7-8(16)6-9(11(10)17)12(18)19-5/h6-7,17H,1-5H3. The van der Waals surface area contributed by atoms with Crippen molar-refractivity contribution in [2.75, 3.05) is 7.11 Å². The van der Waals surface area contributed by atoms with E-state index in [0.29, 0.717) is 5.46 Å². The quantitative estimate of drug-likeness (QED) is 0.669. The molecule has 2 rings (SSSR count). The van der Waals surface area contributed by atoms with Gasteiger partial charge in [0, 0.05) is 10.5 Å². The molecule has 0 bridgehead atoms. The summed E-state index contributed by atoms with van der Waals surface area (Å²) in [6, 6.07) is 2.86. The number of methoxy groups -OCH3 is 1. The van der Waals surface area contributed by atoms with E-state index in [-0.39, 0.29) is 16.3 Å². The summed E-state index contributed by atoms with van der Waals surface area (Å²) in [5.74, 6) is -0.919. The van der Waals surface area contributed by atoms with Crippen LogP contribution in [0.25, 0.3) is 0 Å². The second-order valence-electron chi connectivity index (χ2n) is 5.97. The third-order valence-electron chi connectivity index (χ3n) is 4.02. The third-order valence-corrected chi connectivity index (χ3v) is 4.23. The van der Waals surface area contributed by atoms with Crippen LogP contribution in [0, 0.1) is 0 Å². The molecule has 0 atom stereocenters. The number of halogens is 1. The number of aromatic hydroxyl groups is 1. The summed E-state index contributed by atoms with van der Waals surface area (Å²) in [6.07, 6.45) is 0. The molecule has 1 aliphatic rings. The molecule has 1 aromatic carbocycles. The van der Waals surface area contributed by atoms with E-state index in [1.54, 1.807) is 0 Å². The smallest absolute Gasteiger partial charge is 0.498 e. The first-order valence-corrected chi connectivity index (χ1v) is 6.93. The number of carbonyl (C=O) groups excluding carboxylic acids is 1. The minimum absolute atomic E-state index is 0.0188. The van der Waals surface area contributed by atoms with E-state index < -0.39 is 24.3 Å².